The van der Waals surface area contributed by atoms with Gasteiger partial charge in [0.25, 0.3) is 17.9 Å². The summed E-state index contributed by atoms with van der Waals surface area (Å²) in [5.41, 5.74) is -0.535. The molecule has 8 nitrogen and oxygen atoms in total. The van der Waals surface area contributed by atoms with Crippen LogP contribution in [0.15, 0.2) is 29.3 Å². The molecular formula is C21H17F2N5O3S. The minimum atomic E-state index is -2.82. The average Bonchev–Trinajstić information content (AvgIpc) is 3.51. The lowest BCUT2D eigenvalue weighted by molar-refractivity contribution is 0.102. The number of carbonyl (C=O) groups excluding carboxylic acids is 1. The van der Waals surface area contributed by atoms with E-state index in [0.29, 0.717) is 10.9 Å². The van der Waals surface area contributed by atoms with Gasteiger partial charge in [-0.15, -0.1) is 10.2 Å². The summed E-state index contributed by atoms with van der Waals surface area (Å²) in [5.74, 6) is 5.91. The molecular weight excluding hydrogens is 440 g/mol. The topological polar surface area (TPSA) is 99.0 Å². The van der Waals surface area contributed by atoms with Gasteiger partial charge >= 0.3 is 0 Å². The molecule has 0 atom stereocenters. The Morgan fingerprint density at radius 3 is 2.78 bits per heavy atom. The first-order valence-corrected chi connectivity index (χ1v) is 10.4. The molecule has 0 aliphatic heterocycles. The Morgan fingerprint density at radius 2 is 2.09 bits per heavy atom. The fraction of sp³-hybridized carbons (Fsp3) is 0.286. The van der Waals surface area contributed by atoms with Crippen molar-refractivity contribution >= 4 is 22.4 Å². The van der Waals surface area contributed by atoms with Crippen LogP contribution in [0.5, 0.6) is 5.75 Å². The van der Waals surface area contributed by atoms with E-state index in [1.54, 1.807) is 0 Å². The molecule has 0 saturated heterocycles. The van der Waals surface area contributed by atoms with Crippen molar-refractivity contribution in [3.8, 4) is 28.7 Å². The van der Waals surface area contributed by atoms with Crippen molar-refractivity contribution in [2.45, 2.75) is 19.3 Å². The number of aromatic nitrogens is 4. The highest BCUT2D eigenvalue weighted by molar-refractivity contribution is 7.15. The third kappa shape index (κ3) is 4.65. The van der Waals surface area contributed by atoms with Crippen molar-refractivity contribution in [3.05, 3.63) is 51.1 Å². The summed E-state index contributed by atoms with van der Waals surface area (Å²) in [6, 6.07) is 2.26. The standard InChI is InChI=1S/C21H17F2N5O3S/c1-28-10-14(12-7-15(19(22)23)24-9-16(12)31-2)13(8-18(28)29)20(30)25-21-27-26-17(32-21)6-5-11-3-4-11/h7-11,19H,3-4H2,1-2H3,(H,25,27,30). The van der Waals surface area contributed by atoms with Crippen molar-refractivity contribution in [3.63, 3.8) is 0 Å². The lowest BCUT2D eigenvalue weighted by Crippen LogP contribution is -2.22. The summed E-state index contributed by atoms with van der Waals surface area (Å²) in [6.45, 7) is 0. The number of carbonyl (C=O) groups is 1. The van der Waals surface area contributed by atoms with Gasteiger partial charge in [0.15, 0.2) is 5.01 Å². The maximum atomic E-state index is 13.2. The van der Waals surface area contributed by atoms with Crippen molar-refractivity contribution in [1.29, 1.82) is 0 Å². The Hall–Kier alpha value is -3.65. The Kier molecular flexibility index (Phi) is 5.96. The number of pyridine rings is 2. The molecule has 32 heavy (non-hydrogen) atoms. The van der Waals surface area contributed by atoms with E-state index >= 15 is 0 Å². The predicted molar refractivity (Wildman–Crippen MR) is 114 cm³/mol. The van der Waals surface area contributed by atoms with Gasteiger partial charge < -0.3 is 9.30 Å². The first-order chi connectivity index (χ1) is 15.4. The summed E-state index contributed by atoms with van der Waals surface area (Å²) < 4.78 is 33.0. The fourth-order valence-electron chi connectivity index (χ4n) is 2.86. The second kappa shape index (κ2) is 8.84. The van der Waals surface area contributed by atoms with Crippen LogP contribution in [-0.4, -0.2) is 32.8 Å². The quantitative estimate of drug-likeness (QED) is 0.591. The third-order valence-corrected chi connectivity index (χ3v) is 5.46. The molecule has 0 aromatic carbocycles. The minimum absolute atomic E-state index is 0.0290. The van der Waals surface area contributed by atoms with Crippen LogP contribution in [0.2, 0.25) is 0 Å². The number of alkyl halides is 2. The number of hydrogen-bond acceptors (Lipinski definition) is 7. The van der Waals surface area contributed by atoms with E-state index in [4.69, 9.17) is 4.74 Å². The van der Waals surface area contributed by atoms with Gasteiger partial charge in [0.1, 0.15) is 11.4 Å². The molecule has 1 fully saturated rings. The van der Waals surface area contributed by atoms with E-state index in [0.717, 1.165) is 42.5 Å². The van der Waals surface area contributed by atoms with Gasteiger partial charge in [0.2, 0.25) is 5.13 Å². The first kappa shape index (κ1) is 21.6. The smallest absolute Gasteiger partial charge is 0.280 e. The van der Waals surface area contributed by atoms with Gasteiger partial charge in [-0.05, 0) is 24.8 Å². The molecule has 4 rings (SSSR count). The molecule has 0 unspecified atom stereocenters. The molecule has 0 spiro atoms. The summed E-state index contributed by atoms with van der Waals surface area (Å²) >= 11 is 1.10. The monoisotopic (exact) mass is 457 g/mol. The van der Waals surface area contributed by atoms with Crippen LogP contribution in [0.25, 0.3) is 11.1 Å². The van der Waals surface area contributed by atoms with E-state index in [9.17, 15) is 18.4 Å². The number of hydrogen-bond donors (Lipinski definition) is 1. The Morgan fingerprint density at radius 1 is 1.31 bits per heavy atom. The molecule has 3 aromatic rings. The van der Waals surface area contributed by atoms with Crippen LogP contribution in [0.1, 0.15) is 40.3 Å². The van der Waals surface area contributed by atoms with Gasteiger partial charge in [-0.25, -0.2) is 8.78 Å². The van der Waals surface area contributed by atoms with Gasteiger partial charge in [-0.2, -0.15) is 0 Å². The minimum Gasteiger partial charge on any atom is -0.494 e. The summed E-state index contributed by atoms with van der Waals surface area (Å²) in [6.07, 6.45) is 1.87. The van der Waals surface area contributed by atoms with Crippen molar-refractivity contribution < 1.29 is 18.3 Å². The van der Waals surface area contributed by atoms with Gasteiger partial charge in [-0.3, -0.25) is 19.9 Å². The number of methoxy groups -OCH3 is 1. The number of halogens is 2. The molecule has 1 aliphatic carbocycles. The Balaban J connectivity index is 1.71. The molecule has 1 amide bonds. The number of nitrogens with one attached hydrogen (secondary N) is 1. The number of aryl methyl sites for hydroxylation is 1. The fourth-order valence-corrected chi connectivity index (χ4v) is 3.46. The zero-order chi connectivity index (χ0) is 22.8. The SMILES string of the molecule is COc1cnc(C(F)F)cc1-c1cn(C)c(=O)cc1C(=O)Nc1nnc(C#CC2CC2)s1. The summed E-state index contributed by atoms with van der Waals surface area (Å²) in [4.78, 5) is 28.9. The highest BCUT2D eigenvalue weighted by Crippen LogP contribution is 2.34. The van der Waals surface area contributed by atoms with Gasteiger partial charge in [0.05, 0.1) is 18.9 Å². The van der Waals surface area contributed by atoms with E-state index in [1.165, 1.54) is 24.9 Å². The molecule has 3 aromatic heterocycles. The second-order valence-electron chi connectivity index (χ2n) is 7.07. The lowest BCUT2D eigenvalue weighted by atomic mass is 10.0. The third-order valence-electron chi connectivity index (χ3n) is 4.70. The van der Waals surface area contributed by atoms with Crippen LogP contribution < -0.4 is 15.6 Å². The van der Waals surface area contributed by atoms with Crippen LogP contribution in [0.3, 0.4) is 0 Å². The number of amides is 1. The molecule has 0 radical (unpaired) electrons. The maximum Gasteiger partial charge on any atom is 0.280 e. The zero-order valence-corrected chi connectivity index (χ0v) is 17.9. The predicted octanol–water partition coefficient (Wildman–Crippen LogP) is 3.26. The average molecular weight is 457 g/mol. The maximum absolute atomic E-state index is 13.2. The molecule has 164 valence electrons. The first-order valence-electron chi connectivity index (χ1n) is 9.55. The molecule has 3 heterocycles. The molecule has 1 aliphatic rings. The highest BCUT2D eigenvalue weighted by Gasteiger charge is 2.22. The normalized spacial score (nSPS) is 12.9. The lowest BCUT2D eigenvalue weighted by Gasteiger charge is -2.14. The van der Waals surface area contributed by atoms with Gasteiger partial charge in [-0.1, -0.05) is 17.3 Å². The van der Waals surface area contributed by atoms with Crippen LogP contribution in [0, 0.1) is 17.8 Å². The number of anilines is 1. The molecule has 1 N–H and O–H groups in total. The van der Waals surface area contributed by atoms with E-state index in [-0.39, 0.29) is 27.6 Å². The van der Waals surface area contributed by atoms with E-state index in [2.05, 4.69) is 32.3 Å². The number of rotatable bonds is 5. The van der Waals surface area contributed by atoms with Crippen LogP contribution in [-0.2, 0) is 7.05 Å². The van der Waals surface area contributed by atoms with E-state index < -0.39 is 23.6 Å². The largest absolute Gasteiger partial charge is 0.494 e. The van der Waals surface area contributed by atoms with E-state index in [1.807, 2.05) is 0 Å². The van der Waals surface area contributed by atoms with Crippen molar-refractivity contribution in [2.75, 3.05) is 12.4 Å². The zero-order valence-electron chi connectivity index (χ0n) is 17.1. The molecule has 1 saturated carbocycles. The van der Waals surface area contributed by atoms with Crippen molar-refractivity contribution in [2.24, 2.45) is 13.0 Å². The second-order valence-corrected chi connectivity index (χ2v) is 8.05. The molecule has 0 bridgehead atoms. The highest BCUT2D eigenvalue weighted by atomic mass is 32.1. The van der Waals surface area contributed by atoms with Crippen molar-refractivity contribution in [1.82, 2.24) is 19.7 Å². The summed E-state index contributed by atoms with van der Waals surface area (Å²) in [7, 11) is 2.85. The summed E-state index contributed by atoms with van der Waals surface area (Å²) in [5, 5.41) is 11.1. The Bertz CT molecular complexity index is 1300. The van der Waals surface area contributed by atoms with Crippen LogP contribution >= 0.6 is 11.3 Å². The van der Waals surface area contributed by atoms with Crippen LogP contribution in [0.4, 0.5) is 13.9 Å². The van der Waals surface area contributed by atoms with Gasteiger partial charge in [0, 0.05) is 36.4 Å². The number of nitrogens with zero attached hydrogens (tertiary/aromatic N) is 4. The number of ether oxygens (including phenoxy) is 1. The Labute approximate surface area is 185 Å². The molecule has 11 heteroatoms.